The molecule has 1 aliphatic heterocycles. The number of likely N-dealkylation sites (tertiary alicyclic amines) is 1. The summed E-state index contributed by atoms with van der Waals surface area (Å²) < 4.78 is 11.1. The van der Waals surface area contributed by atoms with Crippen molar-refractivity contribution in [1.82, 2.24) is 15.5 Å². The molecule has 178 valence electrons. The number of hydrogen-bond donors (Lipinski definition) is 2. The third-order valence-electron chi connectivity index (χ3n) is 5.54. The molecule has 0 aliphatic carbocycles. The number of hydrogen-bond acceptors (Lipinski definition) is 4. The Morgan fingerprint density at radius 3 is 2.58 bits per heavy atom. The summed E-state index contributed by atoms with van der Waals surface area (Å²) in [6, 6.07) is 6.35. The molecule has 1 fully saturated rings. The molecule has 1 heterocycles. The number of guanidine groups is 1. The molecule has 0 bridgehead atoms. The molecule has 0 aromatic heterocycles. The van der Waals surface area contributed by atoms with Crippen molar-refractivity contribution < 1.29 is 9.47 Å². The van der Waals surface area contributed by atoms with Gasteiger partial charge >= 0.3 is 0 Å². The first-order valence-corrected chi connectivity index (χ1v) is 11.6. The van der Waals surface area contributed by atoms with Crippen molar-refractivity contribution in [2.24, 2.45) is 4.99 Å². The number of rotatable bonds is 13. The van der Waals surface area contributed by atoms with Gasteiger partial charge in [0.1, 0.15) is 5.75 Å². The molecule has 6 nitrogen and oxygen atoms in total. The lowest BCUT2D eigenvalue weighted by Gasteiger charge is -2.26. The highest BCUT2D eigenvalue weighted by Crippen LogP contribution is 2.20. The number of nitrogens with one attached hydrogen (secondary N) is 2. The van der Waals surface area contributed by atoms with Gasteiger partial charge in [-0.25, -0.2) is 0 Å². The van der Waals surface area contributed by atoms with Crippen LogP contribution >= 0.6 is 24.0 Å². The molecule has 1 aliphatic rings. The van der Waals surface area contributed by atoms with Crippen LogP contribution in [0.25, 0.3) is 0 Å². The van der Waals surface area contributed by atoms with Crippen molar-refractivity contribution >= 4 is 29.9 Å². The maximum atomic E-state index is 5.98. The van der Waals surface area contributed by atoms with E-state index in [4.69, 9.17) is 9.47 Å². The van der Waals surface area contributed by atoms with Crippen LogP contribution in [-0.4, -0.2) is 64.4 Å². The molecule has 1 saturated heterocycles. The standard InChI is InChI=1S/C24H42N4O2.HI/c1-21-11-12-22(23(19-21)30-18-10-17-29-3)20-27-24(25-2)26-13-6-4-7-14-28-15-8-5-9-16-28;/h11-12,19H,4-10,13-18,20H2,1-3H3,(H2,25,26,27);1H. The van der Waals surface area contributed by atoms with E-state index in [1.165, 1.54) is 63.7 Å². The van der Waals surface area contributed by atoms with E-state index < -0.39 is 0 Å². The lowest BCUT2D eigenvalue weighted by atomic mass is 10.1. The fourth-order valence-corrected chi connectivity index (χ4v) is 3.75. The summed E-state index contributed by atoms with van der Waals surface area (Å²) in [6.07, 6.45) is 8.79. The second-order valence-electron chi connectivity index (χ2n) is 8.12. The molecule has 1 aromatic carbocycles. The predicted octanol–water partition coefficient (Wildman–Crippen LogP) is 4.35. The molecule has 0 radical (unpaired) electrons. The molecule has 7 heteroatoms. The first-order chi connectivity index (χ1) is 14.7. The number of nitrogens with zero attached hydrogens (tertiary/aromatic N) is 2. The van der Waals surface area contributed by atoms with Crippen LogP contribution in [0.4, 0.5) is 0 Å². The van der Waals surface area contributed by atoms with E-state index in [0.717, 1.165) is 30.2 Å². The molecule has 1 aromatic rings. The molecule has 0 unspecified atom stereocenters. The smallest absolute Gasteiger partial charge is 0.191 e. The van der Waals surface area contributed by atoms with Gasteiger partial charge in [0.05, 0.1) is 6.61 Å². The fraction of sp³-hybridized carbons (Fsp3) is 0.708. The monoisotopic (exact) mass is 546 g/mol. The van der Waals surface area contributed by atoms with Gasteiger partial charge in [-0.3, -0.25) is 4.99 Å². The van der Waals surface area contributed by atoms with Crippen LogP contribution in [0, 0.1) is 6.92 Å². The summed E-state index contributed by atoms with van der Waals surface area (Å²) in [5.41, 5.74) is 2.34. The lowest BCUT2D eigenvalue weighted by Crippen LogP contribution is -2.37. The van der Waals surface area contributed by atoms with Gasteiger partial charge in [0.25, 0.3) is 0 Å². The van der Waals surface area contributed by atoms with Crippen molar-refractivity contribution in [2.75, 3.05) is 53.6 Å². The normalized spacial score (nSPS) is 14.7. The largest absolute Gasteiger partial charge is 0.493 e. The summed E-state index contributed by atoms with van der Waals surface area (Å²) in [7, 11) is 3.54. The van der Waals surface area contributed by atoms with Crippen molar-refractivity contribution in [3.05, 3.63) is 29.3 Å². The number of halogens is 1. The zero-order valence-electron chi connectivity index (χ0n) is 19.8. The van der Waals surface area contributed by atoms with Crippen molar-refractivity contribution in [2.45, 2.75) is 58.4 Å². The molecule has 0 amide bonds. The minimum atomic E-state index is 0. The van der Waals surface area contributed by atoms with Crippen molar-refractivity contribution in [3.8, 4) is 5.75 Å². The maximum absolute atomic E-state index is 5.98. The van der Waals surface area contributed by atoms with Gasteiger partial charge < -0.3 is 25.0 Å². The zero-order valence-corrected chi connectivity index (χ0v) is 22.1. The van der Waals surface area contributed by atoms with Crippen LogP contribution in [0.2, 0.25) is 0 Å². The Morgan fingerprint density at radius 2 is 1.84 bits per heavy atom. The van der Waals surface area contributed by atoms with Crippen LogP contribution in [0.5, 0.6) is 5.75 Å². The van der Waals surface area contributed by atoms with E-state index in [2.05, 4.69) is 45.6 Å². The molecular formula is C24H43IN4O2. The van der Waals surface area contributed by atoms with Crippen LogP contribution in [0.15, 0.2) is 23.2 Å². The third-order valence-corrected chi connectivity index (χ3v) is 5.54. The van der Waals surface area contributed by atoms with Crippen LogP contribution in [-0.2, 0) is 11.3 Å². The zero-order chi connectivity index (χ0) is 21.4. The van der Waals surface area contributed by atoms with Gasteiger partial charge in [0.2, 0.25) is 0 Å². The number of unbranched alkanes of at least 4 members (excludes halogenated alkanes) is 2. The van der Waals surface area contributed by atoms with E-state index in [-0.39, 0.29) is 24.0 Å². The summed E-state index contributed by atoms with van der Waals surface area (Å²) in [4.78, 5) is 6.98. The average Bonchev–Trinajstić information content (AvgIpc) is 2.77. The summed E-state index contributed by atoms with van der Waals surface area (Å²) in [5, 5.41) is 6.85. The minimum absolute atomic E-state index is 0. The Kier molecular flexibility index (Phi) is 15.8. The molecule has 2 rings (SSSR count). The Labute approximate surface area is 206 Å². The van der Waals surface area contributed by atoms with Gasteiger partial charge in [0, 0.05) is 45.8 Å². The number of benzene rings is 1. The van der Waals surface area contributed by atoms with E-state index in [9.17, 15) is 0 Å². The number of methoxy groups -OCH3 is 1. The quantitative estimate of drug-likeness (QED) is 0.167. The van der Waals surface area contributed by atoms with Crippen LogP contribution < -0.4 is 15.4 Å². The molecule has 0 atom stereocenters. The first-order valence-electron chi connectivity index (χ1n) is 11.6. The molecule has 0 saturated carbocycles. The SMILES string of the molecule is CN=C(NCCCCCN1CCCCC1)NCc1ccc(C)cc1OCCCOC.I. The molecule has 0 spiro atoms. The third kappa shape index (κ3) is 11.9. The highest BCUT2D eigenvalue weighted by Gasteiger charge is 2.09. The summed E-state index contributed by atoms with van der Waals surface area (Å²) >= 11 is 0. The Hall–Kier alpha value is -1.06. The topological polar surface area (TPSA) is 58.1 Å². The number of aryl methyl sites for hydroxylation is 1. The summed E-state index contributed by atoms with van der Waals surface area (Å²) in [5.74, 6) is 1.78. The number of aliphatic imine (C=N–C) groups is 1. The predicted molar refractivity (Wildman–Crippen MR) is 141 cm³/mol. The first kappa shape index (κ1) is 28.0. The van der Waals surface area contributed by atoms with E-state index in [1.54, 1.807) is 7.11 Å². The molecule has 2 N–H and O–H groups in total. The highest BCUT2D eigenvalue weighted by molar-refractivity contribution is 14.0. The lowest BCUT2D eigenvalue weighted by molar-refractivity contribution is 0.171. The van der Waals surface area contributed by atoms with E-state index in [1.807, 2.05) is 7.05 Å². The second-order valence-corrected chi connectivity index (χ2v) is 8.12. The Morgan fingerprint density at radius 1 is 1.03 bits per heavy atom. The van der Waals surface area contributed by atoms with Crippen LogP contribution in [0.1, 0.15) is 56.1 Å². The summed E-state index contributed by atoms with van der Waals surface area (Å²) in [6.45, 7) is 8.96. The Bertz CT molecular complexity index is 622. The van der Waals surface area contributed by atoms with Crippen molar-refractivity contribution in [3.63, 3.8) is 0 Å². The van der Waals surface area contributed by atoms with E-state index >= 15 is 0 Å². The average molecular weight is 547 g/mol. The highest BCUT2D eigenvalue weighted by atomic mass is 127. The van der Waals surface area contributed by atoms with Gasteiger partial charge in [-0.2, -0.15) is 0 Å². The van der Waals surface area contributed by atoms with Gasteiger partial charge in [-0.15, -0.1) is 24.0 Å². The molecular weight excluding hydrogens is 503 g/mol. The number of ether oxygens (including phenoxy) is 2. The maximum Gasteiger partial charge on any atom is 0.191 e. The van der Waals surface area contributed by atoms with Gasteiger partial charge in [0.15, 0.2) is 5.96 Å². The molecule has 31 heavy (non-hydrogen) atoms. The van der Waals surface area contributed by atoms with Gasteiger partial charge in [-0.1, -0.05) is 25.0 Å². The Balaban J connectivity index is 0.00000480. The van der Waals surface area contributed by atoms with E-state index in [0.29, 0.717) is 19.8 Å². The second kappa shape index (κ2) is 17.5. The fourth-order valence-electron chi connectivity index (χ4n) is 3.75. The van der Waals surface area contributed by atoms with Gasteiger partial charge in [-0.05, 0) is 63.9 Å². The minimum Gasteiger partial charge on any atom is -0.493 e. The number of piperidine rings is 1. The van der Waals surface area contributed by atoms with Crippen molar-refractivity contribution in [1.29, 1.82) is 0 Å². The van der Waals surface area contributed by atoms with Crippen LogP contribution in [0.3, 0.4) is 0 Å².